The lowest BCUT2D eigenvalue weighted by molar-refractivity contribution is 0.0947. The molecule has 1 amide bonds. The number of nitrogens with zero attached hydrogens (tertiary/aromatic N) is 2. The molecule has 2 aromatic carbocycles. The van der Waals surface area contributed by atoms with Gasteiger partial charge in [-0.1, -0.05) is 12.1 Å². The quantitative estimate of drug-likeness (QED) is 0.829. The number of carbonyl (C=O) groups excluding carboxylic acids is 1. The van der Waals surface area contributed by atoms with E-state index < -0.39 is 0 Å². The maximum Gasteiger partial charge on any atom is 0.252 e. The third kappa shape index (κ3) is 4.80. The summed E-state index contributed by atoms with van der Waals surface area (Å²) in [5.41, 5.74) is 1.71. The van der Waals surface area contributed by atoms with Crippen LogP contribution in [0.15, 0.2) is 53.0 Å². The summed E-state index contributed by atoms with van der Waals surface area (Å²) in [7, 11) is 0. The SMILES string of the molecule is O=C(NCCN1CCN(c2ccc(F)cc2)CC1)c1ccccc1Br. The van der Waals surface area contributed by atoms with Gasteiger partial charge in [0.1, 0.15) is 5.82 Å². The van der Waals surface area contributed by atoms with Gasteiger partial charge in [-0.2, -0.15) is 0 Å². The number of piperazine rings is 1. The van der Waals surface area contributed by atoms with E-state index in [-0.39, 0.29) is 11.7 Å². The Morgan fingerprint density at radius 3 is 2.40 bits per heavy atom. The number of anilines is 1. The average molecular weight is 406 g/mol. The van der Waals surface area contributed by atoms with Crippen LogP contribution in [0.3, 0.4) is 0 Å². The van der Waals surface area contributed by atoms with Crippen molar-refractivity contribution >= 4 is 27.5 Å². The highest BCUT2D eigenvalue weighted by molar-refractivity contribution is 9.10. The van der Waals surface area contributed by atoms with E-state index >= 15 is 0 Å². The summed E-state index contributed by atoms with van der Waals surface area (Å²) in [6, 6.07) is 14.1. The van der Waals surface area contributed by atoms with Gasteiger partial charge in [0.15, 0.2) is 0 Å². The Morgan fingerprint density at radius 1 is 1.04 bits per heavy atom. The Bertz CT molecular complexity index is 715. The van der Waals surface area contributed by atoms with E-state index in [1.165, 1.54) is 12.1 Å². The normalized spacial score (nSPS) is 15.2. The fourth-order valence-corrected chi connectivity index (χ4v) is 3.41. The Hall–Kier alpha value is -1.92. The fourth-order valence-electron chi connectivity index (χ4n) is 2.95. The highest BCUT2D eigenvalue weighted by atomic mass is 79.9. The molecule has 132 valence electrons. The number of carbonyl (C=O) groups is 1. The van der Waals surface area contributed by atoms with Crippen LogP contribution in [-0.2, 0) is 0 Å². The van der Waals surface area contributed by atoms with Gasteiger partial charge < -0.3 is 10.2 Å². The molecule has 0 radical (unpaired) electrons. The molecule has 1 aliphatic heterocycles. The van der Waals surface area contributed by atoms with Crippen LogP contribution >= 0.6 is 15.9 Å². The predicted octanol–water partition coefficient (Wildman–Crippen LogP) is 3.14. The number of hydrogen-bond acceptors (Lipinski definition) is 3. The van der Waals surface area contributed by atoms with Crippen LogP contribution in [0.4, 0.5) is 10.1 Å². The second-order valence-electron chi connectivity index (χ2n) is 6.04. The van der Waals surface area contributed by atoms with E-state index in [1.54, 1.807) is 6.07 Å². The van der Waals surface area contributed by atoms with Crippen molar-refractivity contribution in [3.63, 3.8) is 0 Å². The van der Waals surface area contributed by atoms with Crippen LogP contribution in [0.25, 0.3) is 0 Å². The van der Waals surface area contributed by atoms with Gasteiger partial charge in [-0.05, 0) is 52.3 Å². The molecule has 1 saturated heterocycles. The van der Waals surface area contributed by atoms with E-state index in [1.807, 2.05) is 30.3 Å². The third-order valence-electron chi connectivity index (χ3n) is 4.40. The molecule has 0 bridgehead atoms. The number of halogens is 2. The molecule has 0 spiro atoms. The average Bonchev–Trinajstić information content (AvgIpc) is 2.63. The Balaban J connectivity index is 1.41. The molecule has 1 N–H and O–H groups in total. The van der Waals surface area contributed by atoms with Crippen LogP contribution in [0.1, 0.15) is 10.4 Å². The molecule has 1 fully saturated rings. The first-order valence-corrected chi connectivity index (χ1v) is 9.18. The van der Waals surface area contributed by atoms with E-state index in [0.717, 1.165) is 42.9 Å². The molecule has 0 unspecified atom stereocenters. The number of nitrogens with one attached hydrogen (secondary N) is 1. The monoisotopic (exact) mass is 405 g/mol. The lowest BCUT2D eigenvalue weighted by Gasteiger charge is -2.36. The molecule has 0 atom stereocenters. The molecule has 2 aromatic rings. The molecule has 1 heterocycles. The van der Waals surface area contributed by atoms with Crippen molar-refractivity contribution in [1.82, 2.24) is 10.2 Å². The molecule has 25 heavy (non-hydrogen) atoms. The molecular weight excluding hydrogens is 385 g/mol. The number of rotatable bonds is 5. The molecular formula is C19H21BrFN3O. The minimum absolute atomic E-state index is 0.0579. The maximum atomic E-state index is 13.0. The van der Waals surface area contributed by atoms with Crippen LogP contribution in [0.2, 0.25) is 0 Å². The Kier molecular flexibility index (Phi) is 6.04. The van der Waals surface area contributed by atoms with Gasteiger partial charge in [0.2, 0.25) is 0 Å². The first-order chi connectivity index (χ1) is 12.1. The highest BCUT2D eigenvalue weighted by Crippen LogP contribution is 2.17. The standard InChI is InChI=1S/C19H21BrFN3O/c20-18-4-2-1-3-17(18)19(25)22-9-10-23-11-13-24(14-12-23)16-7-5-15(21)6-8-16/h1-8H,9-14H2,(H,22,25). The van der Waals surface area contributed by atoms with Crippen molar-refractivity contribution in [2.24, 2.45) is 0 Å². The predicted molar refractivity (Wildman–Crippen MR) is 102 cm³/mol. The molecule has 4 nitrogen and oxygen atoms in total. The Labute approximate surface area is 155 Å². The minimum atomic E-state index is -0.205. The Morgan fingerprint density at radius 2 is 1.72 bits per heavy atom. The smallest absolute Gasteiger partial charge is 0.252 e. The van der Waals surface area contributed by atoms with Gasteiger partial charge in [0.25, 0.3) is 5.91 Å². The van der Waals surface area contributed by atoms with Gasteiger partial charge in [-0.3, -0.25) is 9.69 Å². The van der Waals surface area contributed by atoms with Gasteiger partial charge in [-0.15, -0.1) is 0 Å². The summed E-state index contributed by atoms with van der Waals surface area (Å²) >= 11 is 3.40. The number of amides is 1. The zero-order chi connectivity index (χ0) is 17.6. The first-order valence-electron chi connectivity index (χ1n) is 8.39. The molecule has 0 aliphatic carbocycles. The van der Waals surface area contributed by atoms with Crippen LogP contribution in [0, 0.1) is 5.82 Å². The fraction of sp³-hybridized carbons (Fsp3) is 0.316. The van der Waals surface area contributed by atoms with E-state index in [9.17, 15) is 9.18 Å². The van der Waals surface area contributed by atoms with Gasteiger partial charge in [-0.25, -0.2) is 4.39 Å². The lowest BCUT2D eigenvalue weighted by Crippen LogP contribution is -2.48. The highest BCUT2D eigenvalue weighted by Gasteiger charge is 2.17. The third-order valence-corrected chi connectivity index (χ3v) is 5.09. The van der Waals surface area contributed by atoms with Crippen molar-refractivity contribution in [2.45, 2.75) is 0 Å². The van der Waals surface area contributed by atoms with Gasteiger partial charge in [0.05, 0.1) is 5.56 Å². The van der Waals surface area contributed by atoms with Crippen LogP contribution < -0.4 is 10.2 Å². The summed E-state index contributed by atoms with van der Waals surface area (Å²) in [4.78, 5) is 16.8. The van der Waals surface area contributed by atoms with Crippen molar-refractivity contribution in [2.75, 3.05) is 44.2 Å². The second kappa shape index (κ2) is 8.45. The van der Waals surface area contributed by atoms with Crippen LogP contribution in [0.5, 0.6) is 0 Å². The minimum Gasteiger partial charge on any atom is -0.369 e. The molecule has 3 rings (SSSR count). The molecule has 0 aromatic heterocycles. The lowest BCUT2D eigenvalue weighted by atomic mass is 10.2. The van der Waals surface area contributed by atoms with E-state index in [0.29, 0.717) is 12.1 Å². The summed E-state index contributed by atoms with van der Waals surface area (Å²) in [6.07, 6.45) is 0. The summed E-state index contributed by atoms with van der Waals surface area (Å²) in [5.74, 6) is -0.263. The molecule has 1 aliphatic rings. The van der Waals surface area contributed by atoms with Gasteiger partial charge >= 0.3 is 0 Å². The van der Waals surface area contributed by atoms with Crippen molar-refractivity contribution in [3.05, 3.63) is 64.4 Å². The zero-order valence-electron chi connectivity index (χ0n) is 13.9. The molecule has 6 heteroatoms. The van der Waals surface area contributed by atoms with Gasteiger partial charge in [0, 0.05) is 49.4 Å². The van der Waals surface area contributed by atoms with Crippen LogP contribution in [-0.4, -0.2) is 50.1 Å². The zero-order valence-corrected chi connectivity index (χ0v) is 15.5. The summed E-state index contributed by atoms with van der Waals surface area (Å²) in [6.45, 7) is 5.13. The maximum absolute atomic E-state index is 13.0. The number of benzene rings is 2. The van der Waals surface area contributed by atoms with Crippen molar-refractivity contribution in [1.29, 1.82) is 0 Å². The van der Waals surface area contributed by atoms with E-state index in [2.05, 4.69) is 31.0 Å². The summed E-state index contributed by atoms with van der Waals surface area (Å²) < 4.78 is 13.8. The van der Waals surface area contributed by atoms with E-state index in [4.69, 9.17) is 0 Å². The van der Waals surface area contributed by atoms with Crippen molar-refractivity contribution < 1.29 is 9.18 Å². The largest absolute Gasteiger partial charge is 0.369 e. The van der Waals surface area contributed by atoms with Crippen molar-refractivity contribution in [3.8, 4) is 0 Å². The topological polar surface area (TPSA) is 35.6 Å². The summed E-state index contributed by atoms with van der Waals surface area (Å²) in [5, 5.41) is 2.97. The second-order valence-corrected chi connectivity index (χ2v) is 6.90. The molecule has 0 saturated carbocycles. The number of hydrogen-bond donors (Lipinski definition) is 1. The first kappa shape index (κ1) is 17.9.